The van der Waals surface area contributed by atoms with Gasteiger partial charge in [-0.05, 0) is 67.8 Å². The van der Waals surface area contributed by atoms with Crippen LogP contribution >= 0.6 is 11.8 Å². The van der Waals surface area contributed by atoms with Crippen molar-refractivity contribution in [3.63, 3.8) is 0 Å². The van der Waals surface area contributed by atoms with E-state index in [1.54, 1.807) is 48.2 Å². The van der Waals surface area contributed by atoms with Crippen LogP contribution in [0.2, 0.25) is 0 Å². The molecule has 0 radical (unpaired) electrons. The number of aliphatic imine (C=N–C) groups is 1. The molecular weight excluding hydrogens is 506 g/mol. The number of benzene rings is 3. The van der Waals surface area contributed by atoms with E-state index >= 15 is 0 Å². The van der Waals surface area contributed by atoms with Crippen LogP contribution in [0.25, 0.3) is 10.8 Å². The quantitative estimate of drug-likeness (QED) is 0.407. The van der Waals surface area contributed by atoms with E-state index in [0.29, 0.717) is 17.0 Å². The number of ether oxygens (including phenoxy) is 1. The fourth-order valence-corrected chi connectivity index (χ4v) is 6.78. The van der Waals surface area contributed by atoms with E-state index in [9.17, 15) is 13.2 Å². The Hall–Kier alpha value is -3.30. The van der Waals surface area contributed by atoms with Gasteiger partial charge in [0.25, 0.3) is 10.0 Å². The number of fused-ring (bicyclic) bond motifs is 2. The number of allylic oxidation sites excluding steroid dienone is 1. The summed E-state index contributed by atoms with van der Waals surface area (Å²) in [5.74, 6) is 0.560. The van der Waals surface area contributed by atoms with Crippen LogP contribution in [0.15, 0.2) is 87.9 Å². The lowest BCUT2D eigenvalue weighted by Crippen LogP contribution is -2.42. The van der Waals surface area contributed by atoms with Gasteiger partial charge >= 0.3 is 5.97 Å². The summed E-state index contributed by atoms with van der Waals surface area (Å²) in [6.45, 7) is 6.21. The van der Waals surface area contributed by atoms with Crippen LogP contribution in [0.1, 0.15) is 38.8 Å². The molecule has 3 aromatic carbocycles. The highest BCUT2D eigenvalue weighted by Crippen LogP contribution is 2.40. The largest absolute Gasteiger partial charge is 0.459 e. The Bertz CT molecular complexity index is 1530. The number of nitrogens with zero attached hydrogens (tertiary/aromatic N) is 2. The minimum absolute atomic E-state index is 0.188. The van der Waals surface area contributed by atoms with Gasteiger partial charge in [-0.1, -0.05) is 54.2 Å². The second kappa shape index (κ2) is 10.2. The fraction of sp³-hybridized carbons (Fsp3) is 0.286. The van der Waals surface area contributed by atoms with Gasteiger partial charge < -0.3 is 9.64 Å². The second-order valence-electron chi connectivity index (χ2n) is 9.39. The summed E-state index contributed by atoms with van der Waals surface area (Å²) in [6.07, 6.45) is 0.690. The zero-order valence-corrected chi connectivity index (χ0v) is 22.6. The molecule has 192 valence electrons. The Morgan fingerprint density at radius 1 is 1.08 bits per heavy atom. The predicted molar refractivity (Wildman–Crippen MR) is 149 cm³/mol. The first kappa shape index (κ1) is 25.4. The highest BCUT2D eigenvalue weighted by atomic mass is 32.2. The van der Waals surface area contributed by atoms with Crippen LogP contribution in [-0.4, -0.2) is 42.9 Å². The SMILES string of the molecule is CC1=C(C(=O)OC(C)C)C(c2cccc(NS(=O)(=O)c3ccc4ccccc4c3)c2)N2CCCSC2=N1. The number of rotatable bonds is 6. The molecule has 1 saturated heterocycles. The molecule has 37 heavy (non-hydrogen) atoms. The van der Waals surface area contributed by atoms with Gasteiger partial charge in [0.1, 0.15) is 0 Å². The van der Waals surface area contributed by atoms with Crippen LogP contribution in [0.3, 0.4) is 0 Å². The van der Waals surface area contributed by atoms with E-state index in [2.05, 4.69) is 9.62 Å². The minimum atomic E-state index is -3.83. The Morgan fingerprint density at radius 2 is 1.86 bits per heavy atom. The molecule has 3 aromatic rings. The maximum absolute atomic E-state index is 13.3. The molecule has 1 unspecified atom stereocenters. The second-order valence-corrected chi connectivity index (χ2v) is 12.1. The molecule has 1 N–H and O–H groups in total. The number of sulfonamides is 1. The maximum atomic E-state index is 13.3. The summed E-state index contributed by atoms with van der Waals surface area (Å²) in [6, 6.07) is 19.5. The lowest BCUT2D eigenvalue weighted by molar-refractivity contribution is -0.143. The molecule has 2 aliphatic heterocycles. The first-order valence-corrected chi connectivity index (χ1v) is 14.7. The standard InChI is InChI=1S/C28H29N3O4S2/c1-18(2)35-27(32)25-19(3)29-28-31(14-7-15-36-28)26(25)22-10-6-11-23(16-22)30-37(33,34)24-13-12-20-8-4-5-9-21(20)17-24/h4-6,8-13,16-18,26,30H,7,14-15H2,1-3H3. The smallest absolute Gasteiger partial charge is 0.338 e. The van der Waals surface area contributed by atoms with Crippen molar-refractivity contribution in [2.24, 2.45) is 4.99 Å². The molecule has 0 amide bonds. The molecule has 0 aliphatic carbocycles. The Kier molecular flexibility index (Phi) is 7.00. The molecule has 0 aromatic heterocycles. The molecule has 5 rings (SSSR count). The van der Waals surface area contributed by atoms with Crippen LogP contribution in [-0.2, 0) is 19.6 Å². The van der Waals surface area contributed by atoms with E-state index in [-0.39, 0.29) is 11.0 Å². The van der Waals surface area contributed by atoms with Crippen molar-refractivity contribution in [3.05, 3.63) is 83.6 Å². The first-order chi connectivity index (χ1) is 17.7. The number of hydrogen-bond donors (Lipinski definition) is 1. The lowest BCUT2D eigenvalue weighted by atomic mass is 9.94. The topological polar surface area (TPSA) is 88.1 Å². The van der Waals surface area contributed by atoms with Crippen molar-refractivity contribution in [3.8, 4) is 0 Å². The molecule has 1 atom stereocenters. The van der Waals surface area contributed by atoms with Crippen molar-refractivity contribution < 1.29 is 17.9 Å². The van der Waals surface area contributed by atoms with Crippen molar-refractivity contribution in [2.75, 3.05) is 17.0 Å². The van der Waals surface area contributed by atoms with Crippen LogP contribution in [0.4, 0.5) is 5.69 Å². The summed E-state index contributed by atoms with van der Waals surface area (Å²) in [7, 11) is -3.83. The van der Waals surface area contributed by atoms with E-state index in [0.717, 1.165) is 40.2 Å². The molecule has 0 spiro atoms. The van der Waals surface area contributed by atoms with Gasteiger partial charge in [0.15, 0.2) is 5.17 Å². The number of thioether (sulfide) groups is 1. The molecular formula is C28H29N3O4S2. The third-order valence-corrected chi connectivity index (χ3v) is 8.76. The highest BCUT2D eigenvalue weighted by molar-refractivity contribution is 8.13. The van der Waals surface area contributed by atoms with E-state index in [1.165, 1.54) is 0 Å². The van der Waals surface area contributed by atoms with Crippen LogP contribution in [0.5, 0.6) is 0 Å². The molecule has 2 heterocycles. The lowest BCUT2D eigenvalue weighted by Gasteiger charge is -2.40. The minimum Gasteiger partial charge on any atom is -0.459 e. The van der Waals surface area contributed by atoms with Gasteiger partial charge in [-0.15, -0.1) is 0 Å². The van der Waals surface area contributed by atoms with Gasteiger partial charge in [0.2, 0.25) is 0 Å². The van der Waals surface area contributed by atoms with Gasteiger partial charge in [0.05, 0.1) is 28.3 Å². The molecule has 7 nitrogen and oxygen atoms in total. The van der Waals surface area contributed by atoms with Gasteiger partial charge in [-0.3, -0.25) is 4.72 Å². The Morgan fingerprint density at radius 3 is 2.65 bits per heavy atom. The summed E-state index contributed by atoms with van der Waals surface area (Å²) in [4.78, 5) is 20.2. The van der Waals surface area contributed by atoms with Crippen LogP contribution < -0.4 is 4.72 Å². The van der Waals surface area contributed by atoms with Crippen molar-refractivity contribution >= 4 is 49.4 Å². The zero-order chi connectivity index (χ0) is 26.2. The monoisotopic (exact) mass is 535 g/mol. The molecule has 2 aliphatic rings. The van der Waals surface area contributed by atoms with Crippen molar-refractivity contribution in [2.45, 2.75) is 44.2 Å². The summed E-state index contributed by atoms with van der Waals surface area (Å²) < 4.78 is 34.9. The number of nitrogens with one attached hydrogen (secondary N) is 1. The maximum Gasteiger partial charge on any atom is 0.338 e. The van der Waals surface area contributed by atoms with Gasteiger partial charge in [0, 0.05) is 18.0 Å². The van der Waals surface area contributed by atoms with E-state index in [1.807, 2.05) is 51.1 Å². The fourth-order valence-electron chi connectivity index (χ4n) is 4.67. The summed E-state index contributed by atoms with van der Waals surface area (Å²) in [5.41, 5.74) is 2.32. The average molecular weight is 536 g/mol. The number of esters is 1. The number of carbonyl (C=O) groups is 1. The Balaban J connectivity index is 1.50. The molecule has 9 heteroatoms. The van der Waals surface area contributed by atoms with Gasteiger partial charge in [-0.25, -0.2) is 18.2 Å². The summed E-state index contributed by atoms with van der Waals surface area (Å²) >= 11 is 1.67. The van der Waals surface area contributed by atoms with E-state index < -0.39 is 22.0 Å². The van der Waals surface area contributed by atoms with Crippen molar-refractivity contribution in [1.82, 2.24) is 4.90 Å². The highest BCUT2D eigenvalue weighted by Gasteiger charge is 2.38. The third kappa shape index (κ3) is 5.24. The normalized spacial score (nSPS) is 18.0. The van der Waals surface area contributed by atoms with Crippen molar-refractivity contribution in [1.29, 1.82) is 0 Å². The van der Waals surface area contributed by atoms with Crippen LogP contribution in [0, 0.1) is 0 Å². The number of carbonyl (C=O) groups excluding carboxylic acids is 1. The summed E-state index contributed by atoms with van der Waals surface area (Å²) in [5, 5.41) is 2.70. The number of hydrogen-bond acceptors (Lipinski definition) is 7. The molecule has 0 bridgehead atoms. The van der Waals surface area contributed by atoms with E-state index in [4.69, 9.17) is 9.73 Å². The first-order valence-electron chi connectivity index (χ1n) is 12.2. The zero-order valence-electron chi connectivity index (χ0n) is 21.0. The number of amidine groups is 1. The predicted octanol–water partition coefficient (Wildman–Crippen LogP) is 5.72. The van der Waals surface area contributed by atoms with Gasteiger partial charge in [-0.2, -0.15) is 0 Å². The Labute approximate surface area is 221 Å². The molecule has 0 saturated carbocycles. The third-order valence-electron chi connectivity index (χ3n) is 6.31. The molecule has 1 fully saturated rings. The number of anilines is 1. The average Bonchev–Trinajstić information content (AvgIpc) is 2.87.